The van der Waals surface area contributed by atoms with Crippen LogP contribution in [0, 0.1) is 0 Å². The van der Waals surface area contributed by atoms with Crippen molar-refractivity contribution in [3.8, 4) is 0 Å². The Morgan fingerprint density at radius 3 is 2.74 bits per heavy atom. The van der Waals surface area contributed by atoms with Crippen LogP contribution in [0.4, 0.5) is 4.79 Å². The fraction of sp³-hybridized carbons (Fsp3) is 0.727. The molecule has 0 aromatic rings. The lowest BCUT2D eigenvalue weighted by Crippen LogP contribution is -2.52. The van der Waals surface area contributed by atoms with Crippen molar-refractivity contribution in [2.75, 3.05) is 11.5 Å². The van der Waals surface area contributed by atoms with E-state index in [4.69, 9.17) is 0 Å². The van der Waals surface area contributed by atoms with Gasteiger partial charge in [0.2, 0.25) is 5.91 Å². The van der Waals surface area contributed by atoms with Crippen LogP contribution >= 0.6 is 23.5 Å². The largest absolute Gasteiger partial charge is 0.480 e. The molecule has 8 heteroatoms. The Morgan fingerprint density at radius 2 is 2.21 bits per heavy atom. The van der Waals surface area contributed by atoms with E-state index >= 15 is 0 Å². The minimum absolute atomic E-state index is 0.0962. The predicted molar refractivity (Wildman–Crippen MR) is 74.2 cm³/mol. The highest BCUT2D eigenvalue weighted by molar-refractivity contribution is 8.14. The van der Waals surface area contributed by atoms with Gasteiger partial charge >= 0.3 is 5.97 Å². The first-order valence-corrected chi connectivity index (χ1v) is 8.18. The van der Waals surface area contributed by atoms with E-state index in [1.807, 2.05) is 6.92 Å². The standard InChI is InChI=1S/C11H16N2O4S2/c1-2-3-8-13(7(5-18-8)10(15)16)9(14)6-4-19-11(17)12-6/h6-8H,2-5H2,1H3,(H,12,17)(H,15,16). The first kappa shape index (κ1) is 14.5. The number of amides is 2. The third kappa shape index (κ3) is 3.00. The van der Waals surface area contributed by atoms with Gasteiger partial charge in [-0.3, -0.25) is 9.59 Å². The molecule has 3 atom stereocenters. The van der Waals surface area contributed by atoms with Crippen molar-refractivity contribution >= 4 is 40.6 Å². The van der Waals surface area contributed by atoms with E-state index in [0.29, 0.717) is 11.5 Å². The Morgan fingerprint density at radius 1 is 1.47 bits per heavy atom. The molecule has 0 spiro atoms. The number of hydrogen-bond acceptors (Lipinski definition) is 5. The molecule has 0 radical (unpaired) electrons. The van der Waals surface area contributed by atoms with Crippen molar-refractivity contribution in [3.05, 3.63) is 0 Å². The molecule has 2 amide bonds. The molecule has 2 rings (SSSR count). The second-order valence-corrected chi connectivity index (χ2v) is 6.68. The van der Waals surface area contributed by atoms with E-state index in [1.54, 1.807) is 0 Å². The van der Waals surface area contributed by atoms with Gasteiger partial charge in [0, 0.05) is 11.5 Å². The Balaban J connectivity index is 2.13. The molecule has 0 aromatic heterocycles. The van der Waals surface area contributed by atoms with Crippen molar-refractivity contribution in [2.45, 2.75) is 37.2 Å². The van der Waals surface area contributed by atoms with E-state index in [1.165, 1.54) is 16.7 Å². The van der Waals surface area contributed by atoms with Gasteiger partial charge in [0.25, 0.3) is 5.24 Å². The molecule has 2 aliphatic rings. The minimum atomic E-state index is -0.976. The van der Waals surface area contributed by atoms with Gasteiger partial charge in [-0.15, -0.1) is 11.8 Å². The second kappa shape index (κ2) is 6.04. The number of carboxylic acids is 1. The average molecular weight is 304 g/mol. The molecule has 2 saturated heterocycles. The van der Waals surface area contributed by atoms with E-state index in [9.17, 15) is 19.5 Å². The Kier molecular flexibility index (Phi) is 4.62. The van der Waals surface area contributed by atoms with Crippen LogP contribution in [-0.2, 0) is 9.59 Å². The summed E-state index contributed by atoms with van der Waals surface area (Å²) in [5, 5.41) is 11.5. The quantitative estimate of drug-likeness (QED) is 0.804. The van der Waals surface area contributed by atoms with Crippen LogP contribution in [0.25, 0.3) is 0 Å². The average Bonchev–Trinajstić information content (AvgIpc) is 2.95. The van der Waals surface area contributed by atoms with Crippen LogP contribution in [-0.4, -0.2) is 56.1 Å². The van der Waals surface area contributed by atoms with Crippen LogP contribution in [0.1, 0.15) is 19.8 Å². The summed E-state index contributed by atoms with van der Waals surface area (Å²) in [4.78, 5) is 36.3. The van der Waals surface area contributed by atoms with Crippen LogP contribution in [0.3, 0.4) is 0 Å². The first-order valence-electron chi connectivity index (χ1n) is 6.14. The Bertz CT molecular complexity index is 404. The Labute approximate surface area is 119 Å². The lowest BCUT2D eigenvalue weighted by molar-refractivity contribution is -0.149. The maximum absolute atomic E-state index is 12.4. The number of hydrogen-bond donors (Lipinski definition) is 2. The molecule has 2 heterocycles. The zero-order chi connectivity index (χ0) is 14.0. The first-order chi connectivity index (χ1) is 9.04. The zero-order valence-electron chi connectivity index (χ0n) is 10.5. The van der Waals surface area contributed by atoms with Crippen LogP contribution < -0.4 is 5.32 Å². The van der Waals surface area contributed by atoms with Crippen LogP contribution in [0.15, 0.2) is 0 Å². The van der Waals surface area contributed by atoms with Crippen LogP contribution in [0.5, 0.6) is 0 Å². The lowest BCUT2D eigenvalue weighted by Gasteiger charge is -2.29. The van der Waals surface area contributed by atoms with Crippen molar-refractivity contribution in [1.82, 2.24) is 10.2 Å². The van der Waals surface area contributed by atoms with Gasteiger partial charge in [-0.2, -0.15) is 0 Å². The third-order valence-electron chi connectivity index (χ3n) is 3.14. The molecule has 0 aromatic carbocycles. The number of thioether (sulfide) groups is 2. The molecule has 6 nitrogen and oxygen atoms in total. The Hall–Kier alpha value is -0.890. The summed E-state index contributed by atoms with van der Waals surface area (Å²) in [6.45, 7) is 2.00. The van der Waals surface area contributed by atoms with Crippen molar-refractivity contribution < 1.29 is 19.5 Å². The zero-order valence-corrected chi connectivity index (χ0v) is 12.1. The molecule has 2 fully saturated rings. The molecular formula is C11H16N2O4S2. The summed E-state index contributed by atoms with van der Waals surface area (Å²) in [7, 11) is 0. The lowest BCUT2D eigenvalue weighted by atomic mass is 10.2. The summed E-state index contributed by atoms with van der Waals surface area (Å²) >= 11 is 2.57. The number of carbonyl (C=O) groups excluding carboxylic acids is 2. The number of nitrogens with one attached hydrogen (secondary N) is 1. The van der Waals surface area contributed by atoms with Crippen LogP contribution in [0.2, 0.25) is 0 Å². The van der Waals surface area contributed by atoms with Gasteiger partial charge in [0.15, 0.2) is 0 Å². The van der Waals surface area contributed by atoms with E-state index < -0.39 is 18.1 Å². The summed E-state index contributed by atoms with van der Waals surface area (Å²) in [5.74, 6) is -0.450. The van der Waals surface area contributed by atoms with Gasteiger partial charge in [0.05, 0.1) is 5.37 Å². The number of aliphatic carboxylic acids is 1. The third-order valence-corrected chi connectivity index (χ3v) is 5.37. The number of carboxylic acid groups (broad SMARTS) is 1. The molecule has 0 aliphatic carbocycles. The number of nitrogens with zero attached hydrogens (tertiary/aromatic N) is 1. The van der Waals surface area contributed by atoms with Crippen molar-refractivity contribution in [3.63, 3.8) is 0 Å². The van der Waals surface area contributed by atoms with E-state index in [-0.39, 0.29) is 16.5 Å². The maximum Gasteiger partial charge on any atom is 0.327 e. The summed E-state index contributed by atoms with van der Waals surface area (Å²) < 4.78 is 0. The second-order valence-electron chi connectivity index (χ2n) is 4.47. The molecule has 0 bridgehead atoms. The van der Waals surface area contributed by atoms with Gasteiger partial charge in [-0.05, 0) is 6.42 Å². The summed E-state index contributed by atoms with van der Waals surface area (Å²) in [5.41, 5.74) is 0. The minimum Gasteiger partial charge on any atom is -0.480 e. The SMILES string of the molecule is CCCC1SCC(C(=O)O)N1C(=O)C1CSC(=O)N1. The summed E-state index contributed by atoms with van der Waals surface area (Å²) in [6.07, 6.45) is 1.66. The molecule has 106 valence electrons. The van der Waals surface area contributed by atoms with Crippen molar-refractivity contribution in [2.24, 2.45) is 0 Å². The number of carbonyl (C=O) groups is 3. The monoisotopic (exact) mass is 304 g/mol. The van der Waals surface area contributed by atoms with E-state index in [0.717, 1.165) is 24.6 Å². The normalized spacial score (nSPS) is 30.5. The van der Waals surface area contributed by atoms with Gasteiger partial charge in [-0.1, -0.05) is 25.1 Å². The maximum atomic E-state index is 12.4. The highest BCUT2D eigenvalue weighted by Gasteiger charge is 2.44. The smallest absolute Gasteiger partial charge is 0.327 e. The topological polar surface area (TPSA) is 86.7 Å². The fourth-order valence-electron chi connectivity index (χ4n) is 2.22. The molecule has 2 N–H and O–H groups in total. The van der Waals surface area contributed by atoms with Crippen molar-refractivity contribution in [1.29, 1.82) is 0 Å². The highest BCUT2D eigenvalue weighted by Crippen LogP contribution is 2.33. The van der Waals surface area contributed by atoms with E-state index in [2.05, 4.69) is 5.32 Å². The predicted octanol–water partition coefficient (Wildman–Crippen LogP) is 0.966. The van der Waals surface area contributed by atoms with Gasteiger partial charge in [0.1, 0.15) is 12.1 Å². The molecule has 0 saturated carbocycles. The molecule has 2 aliphatic heterocycles. The van der Waals surface area contributed by atoms with Gasteiger partial charge in [-0.25, -0.2) is 4.79 Å². The fourth-order valence-corrected chi connectivity index (χ4v) is 4.51. The molecular weight excluding hydrogens is 288 g/mol. The molecule has 3 unspecified atom stereocenters. The highest BCUT2D eigenvalue weighted by atomic mass is 32.2. The van der Waals surface area contributed by atoms with Gasteiger partial charge < -0.3 is 15.3 Å². The summed E-state index contributed by atoms with van der Waals surface area (Å²) in [6, 6.07) is -1.37. The number of rotatable bonds is 4. The molecule has 19 heavy (non-hydrogen) atoms.